The number of ether oxygens (including phenoxy) is 1. The van der Waals surface area contributed by atoms with Gasteiger partial charge >= 0.3 is 0 Å². The molecule has 0 atom stereocenters. The fraction of sp³-hybridized carbons (Fsp3) is 0.292. The van der Waals surface area contributed by atoms with Gasteiger partial charge in [-0.15, -0.1) is 0 Å². The van der Waals surface area contributed by atoms with E-state index in [1.165, 1.54) is 0 Å². The molecule has 2 aromatic carbocycles. The molecular formula is C24H28N6O2. The molecule has 3 aromatic rings. The Morgan fingerprint density at radius 3 is 2.28 bits per heavy atom. The molecule has 0 radical (unpaired) electrons. The van der Waals surface area contributed by atoms with E-state index < -0.39 is 0 Å². The molecule has 1 amide bonds. The van der Waals surface area contributed by atoms with Crippen molar-refractivity contribution < 1.29 is 9.53 Å². The second-order valence-electron chi connectivity index (χ2n) is 7.86. The smallest absolute Gasteiger partial charge is 0.255 e. The second-order valence-corrected chi connectivity index (χ2v) is 7.86. The highest BCUT2D eigenvalue weighted by Gasteiger charge is 2.14. The van der Waals surface area contributed by atoms with Crippen molar-refractivity contribution in [3.05, 3.63) is 66.0 Å². The predicted molar refractivity (Wildman–Crippen MR) is 128 cm³/mol. The van der Waals surface area contributed by atoms with Crippen LogP contribution >= 0.6 is 0 Å². The number of benzene rings is 2. The van der Waals surface area contributed by atoms with Crippen molar-refractivity contribution in [1.82, 2.24) is 9.97 Å². The lowest BCUT2D eigenvalue weighted by Crippen LogP contribution is -2.36. The van der Waals surface area contributed by atoms with Crippen molar-refractivity contribution in [1.29, 1.82) is 0 Å². The molecule has 4 rings (SSSR count). The quantitative estimate of drug-likeness (QED) is 0.615. The Morgan fingerprint density at radius 1 is 0.969 bits per heavy atom. The van der Waals surface area contributed by atoms with Gasteiger partial charge in [0.25, 0.3) is 5.91 Å². The van der Waals surface area contributed by atoms with Gasteiger partial charge in [-0.25, -0.2) is 9.97 Å². The summed E-state index contributed by atoms with van der Waals surface area (Å²) < 4.78 is 5.43. The zero-order valence-corrected chi connectivity index (χ0v) is 18.6. The zero-order chi connectivity index (χ0) is 22.5. The summed E-state index contributed by atoms with van der Waals surface area (Å²) in [5.74, 6) is 2.20. The van der Waals surface area contributed by atoms with Gasteiger partial charge in [-0.1, -0.05) is 0 Å². The SMILES string of the molecule is Cc1nc(Nc2ccc(NC(=O)c3ccc(N(C)C)cc3)cc2)cc(N2CCOCC2)n1. The highest BCUT2D eigenvalue weighted by Crippen LogP contribution is 2.22. The summed E-state index contributed by atoms with van der Waals surface area (Å²) >= 11 is 0. The molecular weight excluding hydrogens is 404 g/mol. The summed E-state index contributed by atoms with van der Waals surface area (Å²) in [5.41, 5.74) is 3.27. The van der Waals surface area contributed by atoms with Crippen LogP contribution in [-0.4, -0.2) is 56.3 Å². The summed E-state index contributed by atoms with van der Waals surface area (Å²) in [5, 5.41) is 6.26. The van der Waals surface area contributed by atoms with Gasteiger partial charge in [0.05, 0.1) is 13.2 Å². The van der Waals surface area contributed by atoms with Gasteiger partial charge < -0.3 is 25.2 Å². The predicted octanol–water partition coefficient (Wildman–Crippen LogP) is 3.68. The van der Waals surface area contributed by atoms with Crippen LogP contribution in [0.2, 0.25) is 0 Å². The lowest BCUT2D eigenvalue weighted by molar-refractivity contribution is 0.102. The minimum Gasteiger partial charge on any atom is -0.378 e. The third-order valence-corrected chi connectivity index (χ3v) is 5.22. The van der Waals surface area contributed by atoms with E-state index in [0.29, 0.717) is 24.6 Å². The molecule has 8 heteroatoms. The summed E-state index contributed by atoms with van der Waals surface area (Å²) in [6, 6.07) is 17.0. The molecule has 0 bridgehead atoms. The Balaban J connectivity index is 1.40. The van der Waals surface area contributed by atoms with Crippen LogP contribution in [0.5, 0.6) is 0 Å². The van der Waals surface area contributed by atoms with Crippen molar-refractivity contribution in [2.24, 2.45) is 0 Å². The maximum atomic E-state index is 12.5. The molecule has 2 N–H and O–H groups in total. The first-order chi connectivity index (χ1) is 15.5. The number of anilines is 5. The summed E-state index contributed by atoms with van der Waals surface area (Å²) in [4.78, 5) is 25.8. The first-order valence-electron chi connectivity index (χ1n) is 10.6. The monoisotopic (exact) mass is 432 g/mol. The summed E-state index contributed by atoms with van der Waals surface area (Å²) in [6.45, 7) is 4.95. The standard InChI is InChI=1S/C24H28N6O2/c1-17-25-22(16-23(26-17)30-12-14-32-15-13-30)27-19-6-8-20(9-7-19)28-24(31)18-4-10-21(11-5-18)29(2)3/h4-11,16H,12-15H2,1-3H3,(H,28,31)(H,25,26,27). The van der Waals surface area contributed by atoms with E-state index in [9.17, 15) is 4.79 Å². The van der Waals surface area contributed by atoms with Crippen LogP contribution < -0.4 is 20.4 Å². The number of carbonyl (C=O) groups is 1. The van der Waals surface area contributed by atoms with E-state index in [-0.39, 0.29) is 5.91 Å². The number of nitrogens with zero attached hydrogens (tertiary/aromatic N) is 4. The average Bonchev–Trinajstić information content (AvgIpc) is 2.80. The molecule has 2 heterocycles. The summed E-state index contributed by atoms with van der Waals surface area (Å²) in [6.07, 6.45) is 0. The maximum Gasteiger partial charge on any atom is 0.255 e. The van der Waals surface area contributed by atoms with E-state index in [0.717, 1.165) is 41.8 Å². The zero-order valence-electron chi connectivity index (χ0n) is 18.6. The van der Waals surface area contributed by atoms with Gasteiger partial charge in [0.15, 0.2) is 0 Å². The number of rotatable bonds is 6. The number of carbonyl (C=O) groups excluding carboxylic acids is 1. The minimum atomic E-state index is -0.141. The third kappa shape index (κ3) is 5.33. The molecule has 0 aliphatic carbocycles. The first-order valence-corrected chi connectivity index (χ1v) is 10.6. The van der Waals surface area contributed by atoms with Crippen LogP contribution in [-0.2, 0) is 4.74 Å². The van der Waals surface area contributed by atoms with Gasteiger partial charge in [-0.2, -0.15) is 0 Å². The topological polar surface area (TPSA) is 82.6 Å². The van der Waals surface area contributed by atoms with Crippen LogP contribution in [0.3, 0.4) is 0 Å². The molecule has 1 aliphatic rings. The fourth-order valence-electron chi connectivity index (χ4n) is 3.47. The fourth-order valence-corrected chi connectivity index (χ4v) is 3.47. The van der Waals surface area contributed by atoms with E-state index in [1.807, 2.05) is 80.5 Å². The molecule has 8 nitrogen and oxygen atoms in total. The molecule has 0 unspecified atom stereocenters. The normalized spacial score (nSPS) is 13.5. The van der Waals surface area contributed by atoms with E-state index in [1.54, 1.807) is 0 Å². The lowest BCUT2D eigenvalue weighted by atomic mass is 10.2. The molecule has 0 spiro atoms. The molecule has 1 fully saturated rings. The number of hydrogen-bond acceptors (Lipinski definition) is 7. The van der Waals surface area contributed by atoms with Gasteiger partial charge in [0, 0.05) is 55.9 Å². The van der Waals surface area contributed by atoms with E-state index >= 15 is 0 Å². The van der Waals surface area contributed by atoms with Gasteiger partial charge in [0.2, 0.25) is 0 Å². The van der Waals surface area contributed by atoms with Crippen LogP contribution in [0.4, 0.5) is 28.7 Å². The van der Waals surface area contributed by atoms with Gasteiger partial charge in [-0.3, -0.25) is 4.79 Å². The van der Waals surface area contributed by atoms with Crippen LogP contribution in [0, 0.1) is 6.92 Å². The van der Waals surface area contributed by atoms with E-state index in [4.69, 9.17) is 4.74 Å². The maximum absolute atomic E-state index is 12.5. The van der Waals surface area contributed by atoms with E-state index in [2.05, 4.69) is 25.5 Å². The van der Waals surface area contributed by atoms with Crippen molar-refractivity contribution in [3.8, 4) is 0 Å². The number of aryl methyl sites for hydroxylation is 1. The highest BCUT2D eigenvalue weighted by atomic mass is 16.5. The molecule has 1 aromatic heterocycles. The van der Waals surface area contributed by atoms with Crippen molar-refractivity contribution in [2.45, 2.75) is 6.92 Å². The lowest BCUT2D eigenvalue weighted by Gasteiger charge is -2.28. The number of nitrogens with one attached hydrogen (secondary N) is 2. The molecule has 32 heavy (non-hydrogen) atoms. The molecule has 1 saturated heterocycles. The number of morpholine rings is 1. The number of aromatic nitrogens is 2. The minimum absolute atomic E-state index is 0.141. The van der Waals surface area contributed by atoms with Crippen molar-refractivity contribution in [2.75, 3.05) is 60.8 Å². The Kier molecular flexibility index (Phi) is 6.51. The number of hydrogen-bond donors (Lipinski definition) is 2. The number of amides is 1. The second kappa shape index (κ2) is 9.65. The van der Waals surface area contributed by atoms with Gasteiger partial charge in [-0.05, 0) is 55.5 Å². The third-order valence-electron chi connectivity index (χ3n) is 5.22. The van der Waals surface area contributed by atoms with Crippen molar-refractivity contribution >= 4 is 34.6 Å². The molecule has 0 saturated carbocycles. The summed E-state index contributed by atoms with van der Waals surface area (Å²) in [7, 11) is 3.94. The van der Waals surface area contributed by atoms with Crippen LogP contribution in [0.25, 0.3) is 0 Å². The Labute approximate surface area is 188 Å². The Hall–Kier alpha value is -3.65. The van der Waals surface area contributed by atoms with Crippen LogP contribution in [0.15, 0.2) is 54.6 Å². The van der Waals surface area contributed by atoms with Crippen molar-refractivity contribution in [3.63, 3.8) is 0 Å². The largest absolute Gasteiger partial charge is 0.378 e. The molecule has 166 valence electrons. The van der Waals surface area contributed by atoms with Crippen LogP contribution in [0.1, 0.15) is 16.2 Å². The average molecular weight is 433 g/mol. The first kappa shape index (κ1) is 21.6. The van der Waals surface area contributed by atoms with Gasteiger partial charge in [0.1, 0.15) is 17.5 Å². The Morgan fingerprint density at radius 2 is 1.62 bits per heavy atom. The Bertz CT molecular complexity index is 1060. The highest BCUT2D eigenvalue weighted by molar-refractivity contribution is 6.04. The molecule has 1 aliphatic heterocycles.